The van der Waals surface area contributed by atoms with E-state index in [0.29, 0.717) is 5.57 Å². The van der Waals surface area contributed by atoms with E-state index in [0.717, 1.165) is 6.08 Å². The van der Waals surface area contributed by atoms with Crippen LogP contribution in [0.4, 0.5) is 9.59 Å². The highest BCUT2D eigenvalue weighted by atomic mass is 16.6. The summed E-state index contributed by atoms with van der Waals surface area (Å²) in [7, 11) is 0. The fraction of sp³-hybridized carbons (Fsp3) is 0.632. The third kappa shape index (κ3) is 6.46. The summed E-state index contributed by atoms with van der Waals surface area (Å²) >= 11 is 0. The summed E-state index contributed by atoms with van der Waals surface area (Å²) < 4.78 is 5.11. The third-order valence-corrected chi connectivity index (χ3v) is 4.11. The van der Waals surface area contributed by atoms with Gasteiger partial charge in [0.05, 0.1) is 11.5 Å². The Labute approximate surface area is 175 Å². The Morgan fingerprint density at radius 1 is 1.10 bits per heavy atom. The van der Waals surface area contributed by atoms with E-state index >= 15 is 0 Å². The molecule has 2 unspecified atom stereocenters. The number of nitrogens with zero attached hydrogens (tertiary/aromatic N) is 1. The van der Waals surface area contributed by atoms with E-state index in [9.17, 15) is 24.5 Å². The summed E-state index contributed by atoms with van der Waals surface area (Å²) in [5.41, 5.74) is -1.84. The van der Waals surface area contributed by atoms with Crippen molar-refractivity contribution in [2.24, 2.45) is 5.92 Å². The molecule has 1 rings (SSSR count). The molecule has 0 spiro atoms. The van der Waals surface area contributed by atoms with Gasteiger partial charge in [-0.25, -0.2) is 9.59 Å². The van der Waals surface area contributed by atoms with E-state index in [1.165, 1.54) is 6.08 Å². The van der Waals surface area contributed by atoms with E-state index < -0.39 is 34.5 Å². The van der Waals surface area contributed by atoms with Gasteiger partial charge in [0.25, 0.3) is 0 Å². The summed E-state index contributed by atoms with van der Waals surface area (Å²) in [6, 6.07) is -1.85. The Balaban J connectivity index is 3.48. The van der Waals surface area contributed by atoms with Crippen LogP contribution in [0.2, 0.25) is 0 Å². The van der Waals surface area contributed by atoms with Crippen LogP contribution in [0.1, 0.15) is 48.0 Å². The first-order chi connectivity index (χ1) is 14.0. The number of rotatable bonds is 8. The van der Waals surface area contributed by atoms with Crippen LogP contribution < -0.4 is 21.3 Å². The second-order valence-corrected chi connectivity index (χ2v) is 7.45. The van der Waals surface area contributed by atoms with Crippen molar-refractivity contribution in [3.8, 4) is 0 Å². The van der Waals surface area contributed by atoms with Crippen LogP contribution in [0.5, 0.6) is 0 Å². The fourth-order valence-electron chi connectivity index (χ4n) is 2.98. The second kappa shape index (κ2) is 10.6. The van der Waals surface area contributed by atoms with E-state index in [2.05, 4.69) is 21.3 Å². The molecule has 30 heavy (non-hydrogen) atoms. The minimum Gasteiger partial charge on any atom is -0.465 e. The van der Waals surface area contributed by atoms with Gasteiger partial charge in [0.15, 0.2) is 0 Å². The molecular weight excluding hydrogens is 394 g/mol. The van der Waals surface area contributed by atoms with Gasteiger partial charge < -0.3 is 20.7 Å². The van der Waals surface area contributed by atoms with Gasteiger partial charge in [-0.15, -0.1) is 0 Å². The smallest absolute Gasteiger partial charge is 0.338 e. The van der Waals surface area contributed by atoms with Gasteiger partial charge in [-0.05, 0) is 46.6 Å². The van der Waals surface area contributed by atoms with Crippen LogP contribution in [0.25, 0.3) is 0 Å². The number of nitro groups is 1. The second-order valence-electron chi connectivity index (χ2n) is 7.45. The minimum absolute atomic E-state index is 0.0347. The molecule has 0 saturated heterocycles. The number of amides is 4. The fourth-order valence-corrected chi connectivity index (χ4v) is 2.98. The quantitative estimate of drug-likeness (QED) is 0.153. The Kier molecular flexibility index (Phi) is 8.81. The molecule has 0 aromatic heterocycles. The predicted octanol–water partition coefficient (Wildman–Crippen LogP) is 1.79. The van der Waals surface area contributed by atoms with E-state index in [-0.39, 0.29) is 30.8 Å². The monoisotopic (exact) mass is 425 g/mol. The number of esters is 1. The predicted molar refractivity (Wildman–Crippen MR) is 110 cm³/mol. The van der Waals surface area contributed by atoms with Gasteiger partial charge in [0.2, 0.25) is 0 Å². The summed E-state index contributed by atoms with van der Waals surface area (Å²) in [5, 5.41) is 22.0. The van der Waals surface area contributed by atoms with Gasteiger partial charge in [-0.3, -0.25) is 20.2 Å². The molecule has 0 saturated carbocycles. The van der Waals surface area contributed by atoms with Crippen LogP contribution in [0.15, 0.2) is 23.4 Å². The molecular formula is C19H31N5O6. The molecule has 11 heteroatoms. The van der Waals surface area contributed by atoms with Gasteiger partial charge in [0.1, 0.15) is 5.92 Å². The van der Waals surface area contributed by atoms with Crippen molar-refractivity contribution >= 4 is 18.0 Å². The highest BCUT2D eigenvalue weighted by Gasteiger charge is 2.48. The lowest BCUT2D eigenvalue weighted by molar-refractivity contribution is -0.545. The minimum atomic E-state index is -2.15. The highest BCUT2D eigenvalue weighted by Crippen LogP contribution is 2.33. The van der Waals surface area contributed by atoms with E-state index in [4.69, 9.17) is 4.74 Å². The zero-order chi connectivity index (χ0) is 23.1. The first-order valence-corrected chi connectivity index (χ1v) is 9.87. The van der Waals surface area contributed by atoms with Gasteiger partial charge >= 0.3 is 23.7 Å². The van der Waals surface area contributed by atoms with Crippen molar-refractivity contribution in [2.75, 3.05) is 6.61 Å². The van der Waals surface area contributed by atoms with Crippen LogP contribution in [-0.2, 0) is 9.53 Å². The number of urea groups is 2. The topological polar surface area (TPSA) is 152 Å². The van der Waals surface area contributed by atoms with Crippen LogP contribution >= 0.6 is 0 Å². The molecule has 0 aromatic rings. The average molecular weight is 425 g/mol. The first kappa shape index (κ1) is 24.9. The lowest BCUT2D eigenvalue weighted by atomic mass is 9.84. The van der Waals surface area contributed by atoms with Gasteiger partial charge in [-0.2, -0.15) is 0 Å². The summed E-state index contributed by atoms with van der Waals surface area (Å²) in [4.78, 5) is 48.4. The Morgan fingerprint density at radius 2 is 1.67 bits per heavy atom. The van der Waals surface area contributed by atoms with E-state index in [1.807, 2.05) is 0 Å². The zero-order valence-corrected chi connectivity index (χ0v) is 18.2. The Hall–Kier alpha value is -3.11. The van der Waals surface area contributed by atoms with Crippen LogP contribution in [0, 0.1) is 16.0 Å². The largest absolute Gasteiger partial charge is 0.465 e. The molecule has 4 N–H and O–H groups in total. The van der Waals surface area contributed by atoms with Crippen molar-refractivity contribution in [1.82, 2.24) is 21.3 Å². The molecule has 0 radical (unpaired) electrons. The average Bonchev–Trinajstić information content (AvgIpc) is 2.59. The van der Waals surface area contributed by atoms with Crippen molar-refractivity contribution in [1.29, 1.82) is 0 Å². The number of carbonyl (C=O) groups excluding carboxylic acids is 3. The molecule has 4 amide bonds. The SMILES string of the molecule is CCOC(=O)C1C(CC)=CC(NC(=O)NC(C)C)([N+](=O)[O-])C=C1NC(=O)NC(C)C. The molecule has 2 atom stereocenters. The number of hydrogen-bond donors (Lipinski definition) is 4. The van der Waals surface area contributed by atoms with Crippen molar-refractivity contribution in [3.05, 3.63) is 33.5 Å². The summed E-state index contributed by atoms with van der Waals surface area (Å²) in [6.07, 6.45) is 2.55. The maximum atomic E-state index is 12.6. The number of ether oxygens (including phenoxy) is 1. The molecule has 168 valence electrons. The molecule has 1 aliphatic rings. The van der Waals surface area contributed by atoms with Gasteiger partial charge in [0, 0.05) is 29.9 Å². The Morgan fingerprint density at radius 3 is 2.13 bits per heavy atom. The lowest BCUT2D eigenvalue weighted by Crippen LogP contribution is -2.58. The maximum Gasteiger partial charge on any atom is 0.338 e. The molecule has 0 fully saturated rings. The van der Waals surface area contributed by atoms with Crippen molar-refractivity contribution in [3.63, 3.8) is 0 Å². The zero-order valence-electron chi connectivity index (χ0n) is 18.2. The van der Waals surface area contributed by atoms with Crippen LogP contribution in [-0.4, -0.2) is 47.3 Å². The van der Waals surface area contributed by atoms with Crippen LogP contribution in [0.3, 0.4) is 0 Å². The number of nitrogens with one attached hydrogen (secondary N) is 4. The Bertz CT molecular complexity index is 746. The molecule has 11 nitrogen and oxygen atoms in total. The highest BCUT2D eigenvalue weighted by molar-refractivity contribution is 5.84. The van der Waals surface area contributed by atoms with Gasteiger partial charge in [-0.1, -0.05) is 6.92 Å². The first-order valence-electron chi connectivity index (χ1n) is 9.87. The molecule has 0 bridgehead atoms. The van der Waals surface area contributed by atoms with Crippen molar-refractivity contribution < 1.29 is 24.0 Å². The standard InChI is InChI=1S/C19H31N5O6/c1-7-13-9-19(24(28)29,23-18(27)21-12(5)6)10-14(15(13)16(25)30-8-2)22-17(26)20-11(3)4/h9-12,15H,7-8H2,1-6H3,(H2,20,22,26)(H2,21,23,27). The third-order valence-electron chi connectivity index (χ3n) is 4.11. The van der Waals surface area contributed by atoms with E-state index in [1.54, 1.807) is 41.5 Å². The summed E-state index contributed by atoms with van der Waals surface area (Å²) in [5.74, 6) is -1.68. The normalized spacial score (nSPS) is 20.7. The maximum absolute atomic E-state index is 12.6. The molecule has 0 heterocycles. The van der Waals surface area contributed by atoms with Crippen molar-refractivity contribution in [2.45, 2.75) is 65.7 Å². The number of hydrogen-bond acceptors (Lipinski definition) is 6. The molecule has 1 aliphatic carbocycles. The summed E-state index contributed by atoms with van der Waals surface area (Å²) in [6.45, 7) is 10.4. The molecule has 0 aromatic carbocycles. The lowest BCUT2D eigenvalue weighted by Gasteiger charge is -2.31. The number of carbonyl (C=O) groups is 3. The molecule has 0 aliphatic heterocycles.